The van der Waals surface area contributed by atoms with Crippen LogP contribution < -0.4 is 26.6 Å². The summed E-state index contributed by atoms with van der Waals surface area (Å²) in [6.07, 6.45) is 0. The molecule has 4 aromatic rings. The molecule has 0 aliphatic carbocycles. The SMILES string of the molecule is C.C.CNC(=O)[C@@H](NC(=O)c1nc(-c2ccccc2)n2c1CN(C)CC2)C(C)(C)C.CNC(=O)[C@@H](NC(=O)c1nc(-c2ccccc2)n2c1CNCC2)C(C)(C)C. The minimum Gasteiger partial charge on any atom is -0.357 e. The Balaban J connectivity index is 0.000000295. The molecule has 2 atom stereocenters. The van der Waals surface area contributed by atoms with Crippen LogP contribution in [0, 0.1) is 10.8 Å². The van der Waals surface area contributed by atoms with Crippen LogP contribution >= 0.6 is 0 Å². The first-order valence-corrected chi connectivity index (χ1v) is 18.8. The van der Waals surface area contributed by atoms with Crippen molar-refractivity contribution in [2.24, 2.45) is 10.8 Å². The molecule has 2 aliphatic heterocycles. The molecule has 2 aliphatic rings. The van der Waals surface area contributed by atoms with Gasteiger partial charge in [-0.15, -0.1) is 0 Å². The van der Waals surface area contributed by atoms with Gasteiger partial charge in [-0.2, -0.15) is 0 Å². The van der Waals surface area contributed by atoms with Gasteiger partial charge < -0.3 is 35.7 Å². The van der Waals surface area contributed by atoms with E-state index in [-0.39, 0.29) is 38.5 Å². The Bertz CT molecular complexity index is 1990. The number of rotatable bonds is 8. The van der Waals surface area contributed by atoms with Crippen molar-refractivity contribution in [1.82, 2.24) is 50.6 Å². The van der Waals surface area contributed by atoms with Crippen molar-refractivity contribution in [3.8, 4) is 22.8 Å². The first kappa shape index (κ1) is 46.0. The van der Waals surface area contributed by atoms with Gasteiger partial charge in [0.15, 0.2) is 11.4 Å². The van der Waals surface area contributed by atoms with Gasteiger partial charge in [0.2, 0.25) is 11.8 Å². The molecule has 14 heteroatoms. The summed E-state index contributed by atoms with van der Waals surface area (Å²) < 4.78 is 4.21. The number of carbonyl (C=O) groups is 4. The molecule has 0 saturated carbocycles. The molecule has 5 N–H and O–H groups in total. The largest absolute Gasteiger partial charge is 0.357 e. The van der Waals surface area contributed by atoms with Crippen LogP contribution in [0.1, 0.15) is 88.8 Å². The van der Waals surface area contributed by atoms with Gasteiger partial charge in [-0.25, -0.2) is 9.97 Å². The molecule has 14 nitrogen and oxygen atoms in total. The monoisotopic (exact) mass is 785 g/mol. The topological polar surface area (TPSA) is 167 Å². The average Bonchev–Trinajstić information content (AvgIpc) is 3.74. The number of nitrogens with one attached hydrogen (secondary N) is 5. The van der Waals surface area contributed by atoms with Crippen LogP contribution in [-0.4, -0.2) is 93.9 Å². The maximum absolute atomic E-state index is 13.2. The van der Waals surface area contributed by atoms with Gasteiger partial charge in [-0.05, 0) is 17.9 Å². The number of hydrogen-bond donors (Lipinski definition) is 5. The standard InChI is InChI=1S/C21H29N5O2.C20H27N5O2.2CH4/c1-21(2,3)17(20(28)22-4)24-19(27)16-15-13-25(5)11-12-26(15)18(23-16)14-9-7-6-8-10-14;1-20(2,3)16(19(27)21-4)24-18(26)15-14-12-22-10-11-25(14)17(23-15)13-8-6-5-7-9-13;;/h6-10,17H,11-13H2,1-5H3,(H,22,28)(H,24,27);5-9,16,22H,10-12H2,1-4H3,(H,21,27)(H,24,26);2*1H4/t17-;16-;;/m11../s1. The third kappa shape index (κ3) is 10.5. The molecule has 2 aromatic heterocycles. The second-order valence-corrected chi connectivity index (χ2v) is 16.2. The third-order valence-corrected chi connectivity index (χ3v) is 9.87. The Morgan fingerprint density at radius 3 is 1.49 bits per heavy atom. The van der Waals surface area contributed by atoms with Gasteiger partial charge in [0.1, 0.15) is 23.7 Å². The second-order valence-electron chi connectivity index (χ2n) is 16.2. The predicted molar refractivity (Wildman–Crippen MR) is 226 cm³/mol. The van der Waals surface area contributed by atoms with E-state index in [1.807, 2.05) is 109 Å². The van der Waals surface area contributed by atoms with E-state index in [1.54, 1.807) is 14.1 Å². The highest BCUT2D eigenvalue weighted by molar-refractivity contribution is 5.98. The van der Waals surface area contributed by atoms with Crippen LogP contribution in [0.4, 0.5) is 0 Å². The van der Waals surface area contributed by atoms with Gasteiger partial charge in [0.05, 0.1) is 11.4 Å². The lowest BCUT2D eigenvalue weighted by Gasteiger charge is -2.30. The van der Waals surface area contributed by atoms with E-state index in [9.17, 15) is 19.2 Å². The molecular formula is C43H64N10O4. The molecule has 0 saturated heterocycles. The van der Waals surface area contributed by atoms with E-state index in [1.165, 1.54) is 0 Å². The summed E-state index contributed by atoms with van der Waals surface area (Å²) >= 11 is 0. The molecular weight excluding hydrogens is 721 g/mol. The van der Waals surface area contributed by atoms with Gasteiger partial charge in [-0.1, -0.05) is 117 Å². The minimum absolute atomic E-state index is 0. The maximum atomic E-state index is 13.2. The average molecular weight is 785 g/mol. The van der Waals surface area contributed by atoms with Crippen LogP contribution in [0.15, 0.2) is 60.7 Å². The van der Waals surface area contributed by atoms with Crippen molar-refractivity contribution in [3.63, 3.8) is 0 Å². The zero-order valence-electron chi connectivity index (χ0n) is 33.5. The predicted octanol–water partition coefficient (Wildman–Crippen LogP) is 4.70. The third-order valence-electron chi connectivity index (χ3n) is 9.87. The molecule has 0 bridgehead atoms. The Morgan fingerprint density at radius 2 is 1.07 bits per heavy atom. The van der Waals surface area contributed by atoms with E-state index in [0.717, 1.165) is 60.3 Å². The highest BCUT2D eigenvalue weighted by Gasteiger charge is 2.36. The highest BCUT2D eigenvalue weighted by Crippen LogP contribution is 2.28. The van der Waals surface area contributed by atoms with E-state index in [0.29, 0.717) is 24.5 Å². The molecule has 6 rings (SSSR count). The molecule has 0 radical (unpaired) electrons. The van der Waals surface area contributed by atoms with Crippen molar-refractivity contribution < 1.29 is 19.2 Å². The van der Waals surface area contributed by atoms with Crippen molar-refractivity contribution >= 4 is 23.6 Å². The van der Waals surface area contributed by atoms with Crippen LogP contribution in [0.3, 0.4) is 0 Å². The minimum atomic E-state index is -0.649. The zero-order valence-corrected chi connectivity index (χ0v) is 33.5. The number of aromatic nitrogens is 4. The Hall–Kier alpha value is -5.34. The van der Waals surface area contributed by atoms with Crippen LogP contribution in [0.2, 0.25) is 0 Å². The lowest BCUT2D eigenvalue weighted by molar-refractivity contribution is -0.125. The lowest BCUT2D eigenvalue weighted by atomic mass is 9.86. The van der Waals surface area contributed by atoms with Crippen molar-refractivity contribution in [2.75, 3.05) is 34.2 Å². The highest BCUT2D eigenvalue weighted by atomic mass is 16.2. The Labute approximate surface area is 338 Å². The normalized spacial score (nSPS) is 14.8. The number of amides is 4. The second kappa shape index (κ2) is 19.2. The van der Waals surface area contributed by atoms with Crippen LogP contribution in [-0.2, 0) is 35.8 Å². The molecule has 0 fully saturated rings. The summed E-state index contributed by atoms with van der Waals surface area (Å²) in [6.45, 7) is 16.0. The molecule has 2 aromatic carbocycles. The fourth-order valence-corrected chi connectivity index (χ4v) is 6.81. The Kier molecular flexibility index (Phi) is 15.5. The number of benzene rings is 2. The molecule has 57 heavy (non-hydrogen) atoms. The fraction of sp³-hybridized carbons (Fsp3) is 0.488. The molecule has 310 valence electrons. The van der Waals surface area contributed by atoms with E-state index < -0.39 is 22.9 Å². The van der Waals surface area contributed by atoms with Crippen molar-refractivity contribution in [3.05, 3.63) is 83.4 Å². The summed E-state index contributed by atoms with van der Waals surface area (Å²) in [5, 5.41) is 14.4. The molecule has 0 spiro atoms. The first-order valence-electron chi connectivity index (χ1n) is 18.8. The number of carbonyl (C=O) groups excluding carboxylic acids is 4. The zero-order chi connectivity index (χ0) is 40.1. The summed E-state index contributed by atoms with van der Waals surface area (Å²) in [5.41, 5.74) is 3.61. The number of fused-ring (bicyclic) bond motifs is 2. The summed E-state index contributed by atoms with van der Waals surface area (Å²) in [5.74, 6) is 0.503. The van der Waals surface area contributed by atoms with E-state index >= 15 is 0 Å². The number of hydrogen-bond acceptors (Lipinski definition) is 8. The Morgan fingerprint density at radius 1 is 0.649 bits per heavy atom. The van der Waals surface area contributed by atoms with E-state index in [2.05, 4.69) is 45.6 Å². The van der Waals surface area contributed by atoms with Gasteiger partial charge in [-0.3, -0.25) is 24.1 Å². The summed E-state index contributed by atoms with van der Waals surface area (Å²) in [4.78, 5) is 62.4. The summed E-state index contributed by atoms with van der Waals surface area (Å²) in [6, 6.07) is 18.4. The molecule has 0 unspecified atom stereocenters. The number of imidazole rings is 2. The van der Waals surface area contributed by atoms with Gasteiger partial charge in [0.25, 0.3) is 11.8 Å². The number of nitrogens with zero attached hydrogens (tertiary/aromatic N) is 5. The molecule has 4 amide bonds. The van der Waals surface area contributed by atoms with Crippen LogP contribution in [0.5, 0.6) is 0 Å². The quantitative estimate of drug-likeness (QED) is 0.172. The fourth-order valence-electron chi connectivity index (χ4n) is 6.81. The lowest BCUT2D eigenvalue weighted by Crippen LogP contribution is -2.53. The van der Waals surface area contributed by atoms with Gasteiger partial charge >= 0.3 is 0 Å². The first-order chi connectivity index (χ1) is 26.0. The summed E-state index contributed by atoms with van der Waals surface area (Å²) in [7, 11) is 5.18. The van der Waals surface area contributed by atoms with Crippen LogP contribution in [0.25, 0.3) is 22.8 Å². The smallest absolute Gasteiger partial charge is 0.272 e. The maximum Gasteiger partial charge on any atom is 0.272 e. The molecule has 4 heterocycles. The van der Waals surface area contributed by atoms with Gasteiger partial charge in [0, 0.05) is 64.5 Å². The number of likely N-dealkylation sites (N-methyl/N-ethyl adjacent to an activating group) is 3. The van der Waals surface area contributed by atoms with Crippen molar-refractivity contribution in [2.45, 2.75) is 94.7 Å². The van der Waals surface area contributed by atoms with E-state index in [4.69, 9.17) is 4.98 Å². The van der Waals surface area contributed by atoms with Crippen molar-refractivity contribution in [1.29, 1.82) is 0 Å².